The first-order chi connectivity index (χ1) is 20.6. The molecule has 9 heteroatoms. The van der Waals surface area contributed by atoms with Crippen molar-refractivity contribution in [2.45, 2.75) is 38.3 Å². The van der Waals surface area contributed by atoms with Crippen LogP contribution < -0.4 is 5.43 Å². The minimum absolute atomic E-state index is 0.0394. The van der Waals surface area contributed by atoms with Crippen molar-refractivity contribution >= 4 is 37.7 Å². The Morgan fingerprint density at radius 2 is 1.53 bits per heavy atom. The number of amides is 1. The summed E-state index contributed by atoms with van der Waals surface area (Å²) >= 11 is 0. The molecule has 43 heavy (non-hydrogen) atoms. The Kier molecular flexibility index (Phi) is 9.03. The van der Waals surface area contributed by atoms with Crippen LogP contribution in [0, 0.1) is 11.7 Å². The van der Waals surface area contributed by atoms with E-state index in [4.69, 9.17) is 4.42 Å². The maximum Gasteiger partial charge on any atom is 0.244 e. The lowest BCUT2D eigenvalue weighted by Gasteiger charge is -2.28. The number of nitrogens with zero attached hydrogens (tertiary/aromatic N) is 2. The molecule has 0 saturated carbocycles. The van der Waals surface area contributed by atoms with Crippen LogP contribution in [-0.2, 0) is 27.9 Å². The summed E-state index contributed by atoms with van der Waals surface area (Å²) in [5, 5.41) is 1.73. The average Bonchev–Trinajstić information content (AvgIpc) is 3.00. The highest BCUT2D eigenvalue weighted by atomic mass is 32.2. The molecule has 7 nitrogen and oxygen atoms in total. The molecular formula is C34H33FN2O5S. The van der Waals surface area contributed by atoms with Crippen LogP contribution in [0.15, 0.2) is 111 Å². The van der Waals surface area contributed by atoms with Gasteiger partial charge in [-0.3, -0.25) is 9.59 Å². The van der Waals surface area contributed by atoms with Gasteiger partial charge in [0.2, 0.25) is 15.9 Å². The fraction of sp³-hybridized carbons (Fsp3) is 0.235. The van der Waals surface area contributed by atoms with Crippen LogP contribution in [0.4, 0.5) is 4.39 Å². The lowest BCUT2D eigenvalue weighted by molar-refractivity contribution is -0.132. The number of carbonyl (C=O) groups is 1. The Balaban J connectivity index is 1.51. The Hall–Kier alpha value is -4.34. The molecule has 0 aliphatic carbocycles. The number of rotatable bonds is 11. The first kappa shape index (κ1) is 30.1. The van der Waals surface area contributed by atoms with Gasteiger partial charge in [-0.15, -0.1) is 0 Å². The van der Waals surface area contributed by atoms with Crippen LogP contribution in [0.3, 0.4) is 0 Å². The second kappa shape index (κ2) is 12.9. The first-order valence-corrected chi connectivity index (χ1v) is 15.6. The van der Waals surface area contributed by atoms with Crippen LogP contribution in [-0.4, -0.2) is 36.6 Å². The number of para-hydroxylation sites is 1. The quantitative estimate of drug-likeness (QED) is 0.176. The van der Waals surface area contributed by atoms with Gasteiger partial charge in [-0.1, -0.05) is 74.5 Å². The molecule has 5 aromatic rings. The molecule has 0 aliphatic rings. The van der Waals surface area contributed by atoms with E-state index in [0.717, 1.165) is 5.39 Å². The zero-order valence-electron chi connectivity index (χ0n) is 24.1. The number of hydrogen-bond donors (Lipinski definition) is 0. The summed E-state index contributed by atoms with van der Waals surface area (Å²) in [4.78, 5) is 28.8. The maximum absolute atomic E-state index is 14.1. The summed E-state index contributed by atoms with van der Waals surface area (Å²) in [7, 11) is -4.08. The molecular weight excluding hydrogens is 567 g/mol. The molecule has 0 bridgehead atoms. The molecule has 0 fully saturated rings. The Morgan fingerprint density at radius 3 is 2.28 bits per heavy atom. The van der Waals surface area contributed by atoms with Crippen LogP contribution in [0.1, 0.15) is 31.4 Å². The van der Waals surface area contributed by atoms with Crippen LogP contribution in [0.2, 0.25) is 0 Å². The van der Waals surface area contributed by atoms with E-state index in [-0.39, 0.29) is 41.4 Å². The monoisotopic (exact) mass is 600 g/mol. The summed E-state index contributed by atoms with van der Waals surface area (Å²) in [5.74, 6) is -0.722. The predicted molar refractivity (Wildman–Crippen MR) is 165 cm³/mol. The summed E-state index contributed by atoms with van der Waals surface area (Å²) < 4.78 is 48.8. The van der Waals surface area contributed by atoms with Crippen molar-refractivity contribution in [1.29, 1.82) is 0 Å². The second-order valence-electron chi connectivity index (χ2n) is 11.0. The van der Waals surface area contributed by atoms with Gasteiger partial charge >= 0.3 is 0 Å². The number of fused-ring (bicyclic) bond motifs is 2. The zero-order chi connectivity index (χ0) is 30.6. The second-order valence-corrected chi connectivity index (χ2v) is 12.9. The van der Waals surface area contributed by atoms with E-state index in [9.17, 15) is 22.4 Å². The Bertz CT molecular complexity index is 1910. The highest BCUT2D eigenvalue weighted by Crippen LogP contribution is 2.27. The molecule has 1 heterocycles. The van der Waals surface area contributed by atoms with Crippen molar-refractivity contribution in [3.05, 3.63) is 124 Å². The summed E-state index contributed by atoms with van der Waals surface area (Å²) in [6.45, 7) is 3.61. The number of sulfonamides is 1. The van der Waals surface area contributed by atoms with E-state index >= 15 is 0 Å². The smallest absolute Gasteiger partial charge is 0.244 e. The van der Waals surface area contributed by atoms with Crippen LogP contribution in [0.25, 0.3) is 21.7 Å². The minimum Gasteiger partial charge on any atom is -0.464 e. The normalized spacial score (nSPS) is 11.9. The van der Waals surface area contributed by atoms with Gasteiger partial charge in [0, 0.05) is 18.5 Å². The van der Waals surface area contributed by atoms with Crippen molar-refractivity contribution < 1.29 is 22.0 Å². The van der Waals surface area contributed by atoms with Crippen molar-refractivity contribution in [2.75, 3.05) is 13.1 Å². The number of halogens is 1. The zero-order valence-corrected chi connectivity index (χ0v) is 24.9. The lowest BCUT2D eigenvalue weighted by atomic mass is 10.1. The molecule has 4 aromatic carbocycles. The standard InChI is InChI=1S/C34H33FN2O5S/c1-24(2)18-19-37(43(40,41)32-13-7-9-26-8-3-4-10-29(26)32)22-33(38)36(20-25-14-16-28(35)17-15-25)21-27-23-42-31-12-6-5-11-30(31)34(27)39/h3-17,23-24H,18-22H2,1-2H3. The molecule has 0 saturated heterocycles. The fourth-order valence-electron chi connectivity index (χ4n) is 4.97. The minimum atomic E-state index is -4.08. The van der Waals surface area contributed by atoms with E-state index < -0.39 is 28.3 Å². The molecule has 0 N–H and O–H groups in total. The fourth-order valence-corrected chi connectivity index (χ4v) is 6.59. The van der Waals surface area contributed by atoms with Gasteiger partial charge in [-0.05, 0) is 53.6 Å². The third-order valence-electron chi connectivity index (χ3n) is 7.39. The van der Waals surface area contributed by atoms with E-state index in [1.165, 1.54) is 27.6 Å². The highest BCUT2D eigenvalue weighted by Gasteiger charge is 2.30. The predicted octanol–water partition coefficient (Wildman–Crippen LogP) is 6.35. The number of benzene rings is 4. The van der Waals surface area contributed by atoms with Crippen LogP contribution >= 0.6 is 0 Å². The van der Waals surface area contributed by atoms with E-state index in [0.29, 0.717) is 28.3 Å². The van der Waals surface area contributed by atoms with Gasteiger partial charge < -0.3 is 9.32 Å². The number of hydrogen-bond acceptors (Lipinski definition) is 5. The van der Waals surface area contributed by atoms with E-state index in [1.807, 2.05) is 32.0 Å². The SMILES string of the molecule is CC(C)CCN(CC(=O)N(Cc1ccc(F)cc1)Cc1coc2ccccc2c1=O)S(=O)(=O)c1cccc2ccccc12. The van der Waals surface area contributed by atoms with Crippen LogP contribution in [0.5, 0.6) is 0 Å². The summed E-state index contributed by atoms with van der Waals surface area (Å²) in [5.41, 5.74) is 1.03. The maximum atomic E-state index is 14.1. The molecule has 0 aliphatic heterocycles. The Labute approximate surface area is 250 Å². The van der Waals surface area contributed by atoms with Gasteiger partial charge in [-0.25, -0.2) is 12.8 Å². The van der Waals surface area contributed by atoms with E-state index in [2.05, 4.69) is 0 Å². The molecule has 222 valence electrons. The average molecular weight is 601 g/mol. The molecule has 1 amide bonds. The summed E-state index contributed by atoms with van der Waals surface area (Å²) in [6, 6.07) is 24.9. The molecule has 5 rings (SSSR count). The molecule has 0 spiro atoms. The first-order valence-electron chi connectivity index (χ1n) is 14.1. The summed E-state index contributed by atoms with van der Waals surface area (Å²) in [6.07, 6.45) is 1.88. The number of carbonyl (C=O) groups excluding carboxylic acids is 1. The highest BCUT2D eigenvalue weighted by molar-refractivity contribution is 7.89. The van der Waals surface area contributed by atoms with E-state index in [1.54, 1.807) is 60.7 Å². The van der Waals surface area contributed by atoms with Gasteiger partial charge in [0.15, 0.2) is 5.43 Å². The van der Waals surface area contributed by atoms with Crippen molar-refractivity contribution in [1.82, 2.24) is 9.21 Å². The molecule has 0 atom stereocenters. The van der Waals surface area contributed by atoms with Gasteiger partial charge in [0.05, 0.1) is 35.2 Å². The van der Waals surface area contributed by atoms with Gasteiger partial charge in [0.1, 0.15) is 11.4 Å². The van der Waals surface area contributed by atoms with Crippen molar-refractivity contribution in [2.24, 2.45) is 5.92 Å². The molecule has 1 aromatic heterocycles. The third kappa shape index (κ3) is 6.84. The lowest BCUT2D eigenvalue weighted by Crippen LogP contribution is -2.43. The topological polar surface area (TPSA) is 87.9 Å². The molecule has 0 radical (unpaired) electrons. The largest absolute Gasteiger partial charge is 0.464 e. The molecule has 0 unspecified atom stereocenters. The van der Waals surface area contributed by atoms with Gasteiger partial charge in [0.25, 0.3) is 0 Å². The van der Waals surface area contributed by atoms with Gasteiger partial charge in [-0.2, -0.15) is 4.31 Å². The van der Waals surface area contributed by atoms with Crippen molar-refractivity contribution in [3.8, 4) is 0 Å². The van der Waals surface area contributed by atoms with Crippen molar-refractivity contribution in [3.63, 3.8) is 0 Å². The Morgan fingerprint density at radius 1 is 0.860 bits per heavy atom. The third-order valence-corrected chi connectivity index (χ3v) is 9.29.